The van der Waals surface area contributed by atoms with Gasteiger partial charge in [0.25, 0.3) is 5.91 Å². The summed E-state index contributed by atoms with van der Waals surface area (Å²) in [7, 11) is 0. The Morgan fingerprint density at radius 3 is 2.64 bits per heavy atom. The summed E-state index contributed by atoms with van der Waals surface area (Å²) in [4.78, 5) is 20.5. The molecule has 5 nitrogen and oxygen atoms in total. The molecule has 1 amide bonds. The summed E-state index contributed by atoms with van der Waals surface area (Å²) in [6.07, 6.45) is 6.73. The van der Waals surface area contributed by atoms with E-state index in [1.165, 1.54) is 0 Å². The first-order valence-electron chi connectivity index (χ1n) is 7.04. The lowest BCUT2D eigenvalue weighted by molar-refractivity contribution is 0.0939. The summed E-state index contributed by atoms with van der Waals surface area (Å²) in [6.45, 7) is 1.96. The van der Waals surface area contributed by atoms with Gasteiger partial charge < -0.3 is 5.32 Å². The van der Waals surface area contributed by atoms with Crippen LogP contribution in [0.2, 0.25) is 0 Å². The molecule has 0 radical (unpaired) electrons. The normalized spacial score (nSPS) is 11.9. The highest BCUT2D eigenvalue weighted by Crippen LogP contribution is 2.12. The van der Waals surface area contributed by atoms with E-state index in [4.69, 9.17) is 0 Å². The molecule has 1 atom stereocenters. The number of pyridine rings is 1. The summed E-state index contributed by atoms with van der Waals surface area (Å²) in [5, 5.41) is 2.97. The first-order valence-corrected chi connectivity index (χ1v) is 7.04. The van der Waals surface area contributed by atoms with Gasteiger partial charge in [-0.25, -0.2) is 9.97 Å². The van der Waals surface area contributed by atoms with Gasteiger partial charge in [-0.05, 0) is 24.6 Å². The molecule has 1 aromatic carbocycles. The quantitative estimate of drug-likeness (QED) is 0.804. The van der Waals surface area contributed by atoms with Crippen LogP contribution in [0.5, 0.6) is 0 Å². The van der Waals surface area contributed by atoms with E-state index in [1.54, 1.807) is 41.6 Å². The van der Waals surface area contributed by atoms with Crippen LogP contribution in [0, 0.1) is 0 Å². The van der Waals surface area contributed by atoms with Crippen molar-refractivity contribution in [2.24, 2.45) is 0 Å². The van der Waals surface area contributed by atoms with Gasteiger partial charge >= 0.3 is 0 Å². The molecule has 0 aliphatic carbocycles. The molecule has 0 spiro atoms. The van der Waals surface area contributed by atoms with Gasteiger partial charge in [0.15, 0.2) is 0 Å². The number of imidazole rings is 1. The summed E-state index contributed by atoms with van der Waals surface area (Å²) < 4.78 is 1.79. The van der Waals surface area contributed by atoms with Crippen molar-refractivity contribution < 1.29 is 4.79 Å². The van der Waals surface area contributed by atoms with Crippen molar-refractivity contribution in [1.82, 2.24) is 19.9 Å². The molecule has 110 valence electrons. The number of nitrogens with one attached hydrogen (secondary N) is 1. The summed E-state index contributed by atoms with van der Waals surface area (Å²) in [5.41, 5.74) is 1.60. The molecule has 22 heavy (non-hydrogen) atoms. The topological polar surface area (TPSA) is 59.8 Å². The van der Waals surface area contributed by atoms with Crippen LogP contribution < -0.4 is 5.32 Å². The number of amides is 1. The van der Waals surface area contributed by atoms with Gasteiger partial charge in [0.2, 0.25) is 0 Å². The zero-order valence-corrected chi connectivity index (χ0v) is 12.2. The Hall–Kier alpha value is -2.95. The molecular formula is C17H16N4O. The Kier molecular flexibility index (Phi) is 3.96. The Morgan fingerprint density at radius 2 is 2.00 bits per heavy atom. The van der Waals surface area contributed by atoms with Crippen LogP contribution >= 0.6 is 0 Å². The van der Waals surface area contributed by atoms with Crippen molar-refractivity contribution >= 4 is 5.91 Å². The minimum absolute atomic E-state index is 0.0537. The minimum atomic E-state index is -0.138. The number of benzene rings is 1. The lowest BCUT2D eigenvalue weighted by Gasteiger charge is -2.14. The van der Waals surface area contributed by atoms with E-state index in [-0.39, 0.29) is 11.9 Å². The van der Waals surface area contributed by atoms with Gasteiger partial charge in [-0.2, -0.15) is 0 Å². The Labute approximate surface area is 128 Å². The summed E-state index contributed by atoms with van der Waals surface area (Å²) in [5.74, 6) is 0.589. The van der Waals surface area contributed by atoms with Crippen LogP contribution in [0.25, 0.3) is 5.82 Å². The molecule has 0 saturated carbocycles. The number of aromatic nitrogens is 3. The van der Waals surface area contributed by atoms with Crippen molar-refractivity contribution in [2.45, 2.75) is 13.0 Å². The fourth-order valence-electron chi connectivity index (χ4n) is 2.17. The van der Waals surface area contributed by atoms with Crippen LogP contribution in [-0.4, -0.2) is 20.4 Å². The third kappa shape index (κ3) is 3.03. The molecular weight excluding hydrogens is 276 g/mol. The molecule has 2 heterocycles. The van der Waals surface area contributed by atoms with Crippen LogP contribution in [-0.2, 0) is 0 Å². The first-order chi connectivity index (χ1) is 10.7. The monoisotopic (exact) mass is 292 g/mol. The predicted molar refractivity (Wildman–Crippen MR) is 83.7 cm³/mol. The van der Waals surface area contributed by atoms with Crippen molar-refractivity contribution in [1.29, 1.82) is 0 Å². The lowest BCUT2D eigenvalue weighted by atomic mass is 10.1. The van der Waals surface area contributed by atoms with E-state index < -0.39 is 0 Å². The number of hydrogen-bond donors (Lipinski definition) is 1. The molecule has 1 N–H and O–H groups in total. The lowest BCUT2D eigenvalue weighted by Crippen LogP contribution is -2.26. The number of nitrogens with zero attached hydrogens (tertiary/aromatic N) is 3. The van der Waals surface area contributed by atoms with Gasteiger partial charge in [-0.15, -0.1) is 0 Å². The molecule has 1 unspecified atom stereocenters. The van der Waals surface area contributed by atoms with E-state index in [9.17, 15) is 4.79 Å². The number of carbonyl (C=O) groups excluding carboxylic acids is 1. The SMILES string of the molecule is CC(NC(=O)c1ccc(-n2ccnc2)nc1)c1ccccc1. The predicted octanol–water partition coefficient (Wildman–Crippen LogP) is 2.76. The molecule has 3 rings (SSSR count). The van der Waals surface area contributed by atoms with E-state index in [2.05, 4.69) is 15.3 Å². The molecule has 0 aliphatic heterocycles. The number of carbonyl (C=O) groups is 1. The van der Waals surface area contributed by atoms with E-state index in [1.807, 2.05) is 37.3 Å². The second-order valence-electron chi connectivity index (χ2n) is 4.98. The molecule has 0 bridgehead atoms. The maximum Gasteiger partial charge on any atom is 0.253 e. The van der Waals surface area contributed by atoms with Crippen molar-refractivity contribution in [3.05, 3.63) is 78.5 Å². The zero-order valence-electron chi connectivity index (χ0n) is 12.2. The van der Waals surface area contributed by atoms with Crippen LogP contribution in [0.4, 0.5) is 0 Å². The highest BCUT2D eigenvalue weighted by molar-refractivity contribution is 5.94. The molecule has 5 heteroatoms. The molecule has 0 fully saturated rings. The third-order valence-electron chi connectivity index (χ3n) is 3.43. The standard InChI is InChI=1S/C17H16N4O/c1-13(14-5-3-2-4-6-14)20-17(22)15-7-8-16(19-11-15)21-10-9-18-12-21/h2-13H,1H3,(H,20,22). The van der Waals surface area contributed by atoms with Gasteiger partial charge in [0.1, 0.15) is 12.1 Å². The fourth-order valence-corrected chi connectivity index (χ4v) is 2.17. The molecule has 0 saturated heterocycles. The highest BCUT2D eigenvalue weighted by Gasteiger charge is 2.11. The maximum atomic E-state index is 12.3. The highest BCUT2D eigenvalue weighted by atomic mass is 16.1. The molecule has 3 aromatic rings. The molecule has 2 aromatic heterocycles. The van der Waals surface area contributed by atoms with Crippen molar-refractivity contribution in [3.8, 4) is 5.82 Å². The van der Waals surface area contributed by atoms with Crippen molar-refractivity contribution in [2.75, 3.05) is 0 Å². The van der Waals surface area contributed by atoms with Crippen molar-refractivity contribution in [3.63, 3.8) is 0 Å². The smallest absolute Gasteiger partial charge is 0.253 e. The maximum absolute atomic E-state index is 12.3. The third-order valence-corrected chi connectivity index (χ3v) is 3.43. The summed E-state index contributed by atoms with van der Waals surface area (Å²) in [6, 6.07) is 13.4. The average Bonchev–Trinajstić information content (AvgIpc) is 3.10. The van der Waals surface area contributed by atoms with Gasteiger partial charge in [-0.3, -0.25) is 9.36 Å². The number of rotatable bonds is 4. The second-order valence-corrected chi connectivity index (χ2v) is 4.98. The largest absolute Gasteiger partial charge is 0.345 e. The van der Waals surface area contributed by atoms with Gasteiger partial charge in [-0.1, -0.05) is 30.3 Å². The number of hydrogen-bond acceptors (Lipinski definition) is 3. The first kappa shape index (κ1) is 14.0. The Bertz CT molecular complexity index is 736. The Balaban J connectivity index is 1.70. The van der Waals surface area contributed by atoms with Gasteiger partial charge in [0.05, 0.1) is 11.6 Å². The average molecular weight is 292 g/mol. The summed E-state index contributed by atoms with van der Waals surface area (Å²) >= 11 is 0. The van der Waals surface area contributed by atoms with Gasteiger partial charge in [0, 0.05) is 18.6 Å². The van der Waals surface area contributed by atoms with E-state index in [0.29, 0.717) is 5.56 Å². The van der Waals surface area contributed by atoms with E-state index in [0.717, 1.165) is 11.4 Å². The van der Waals surface area contributed by atoms with E-state index >= 15 is 0 Å². The fraction of sp³-hybridized carbons (Fsp3) is 0.118. The van der Waals surface area contributed by atoms with Crippen LogP contribution in [0.15, 0.2) is 67.4 Å². The van der Waals surface area contributed by atoms with Crippen LogP contribution in [0.1, 0.15) is 28.9 Å². The minimum Gasteiger partial charge on any atom is -0.345 e. The van der Waals surface area contributed by atoms with Crippen LogP contribution in [0.3, 0.4) is 0 Å². The molecule has 0 aliphatic rings. The zero-order chi connectivity index (χ0) is 15.4. The Morgan fingerprint density at radius 1 is 1.18 bits per heavy atom. The second kappa shape index (κ2) is 6.22.